The zero-order valence-corrected chi connectivity index (χ0v) is 43.6. The van der Waals surface area contributed by atoms with E-state index in [-0.39, 0.29) is 57.4 Å². The standard InChI is InChI=1S/C44H79N11O14S2/c1-9-23(4)34(44(68)69)54-43(67)35(25(6)56)55-42(66)31(21-33(58)59)53-37(61)26(12-10-11-17-45)49-41(65)30(20-22(2)3)52-40(64)29(16-19-71-8)51-38(62)27(13-14-32(47)57)50-39(63)28(15-18-70-7)48-36(60)24(5)46/h22-31,34-35,56H,9-21,45-46H2,1-8H3,(H2,47,57)(H,48,60)(H,49,65)(H,50,63)(H,51,62)(H,52,64)(H,53,61)(H,54,67)(H,55,66)(H,58,59)(H,68,69). The average molecular weight is 1050 g/mol. The van der Waals surface area contributed by atoms with Crippen LogP contribution in [-0.4, -0.2) is 171 Å². The maximum atomic E-state index is 14.1. The minimum absolute atomic E-state index is 0.00633. The Kier molecular flexibility index (Phi) is 32.4. The van der Waals surface area contributed by atoms with Crippen molar-refractivity contribution in [1.29, 1.82) is 0 Å². The lowest BCUT2D eigenvalue weighted by molar-refractivity contribution is -0.145. The SMILES string of the molecule is CCC(C)C(NC(=O)C(NC(=O)C(CC(=O)O)NC(=O)C(CCCCN)NC(=O)C(CC(C)C)NC(=O)C(CCSC)NC(=O)C(CCC(N)=O)NC(=O)C(CCSC)NC(=O)C(C)N)C(C)O)C(=O)O. The molecule has 0 aliphatic rings. The van der Waals surface area contributed by atoms with Gasteiger partial charge in [0.2, 0.25) is 53.2 Å². The van der Waals surface area contributed by atoms with Crippen LogP contribution in [0.4, 0.5) is 0 Å². The van der Waals surface area contributed by atoms with E-state index in [0.29, 0.717) is 24.3 Å². The smallest absolute Gasteiger partial charge is 0.326 e. The number of carboxylic acid groups (broad SMARTS) is 2. The number of primary amides is 1. The summed E-state index contributed by atoms with van der Waals surface area (Å²) in [7, 11) is 0. The molecule has 0 aromatic rings. The summed E-state index contributed by atoms with van der Waals surface area (Å²) in [5.41, 5.74) is 16.8. The van der Waals surface area contributed by atoms with E-state index in [4.69, 9.17) is 17.2 Å². The quantitative estimate of drug-likeness (QED) is 0.0278. The second kappa shape index (κ2) is 35.0. The van der Waals surface area contributed by atoms with Crippen molar-refractivity contribution in [2.45, 2.75) is 166 Å². The molecule has 0 bridgehead atoms. The van der Waals surface area contributed by atoms with Crippen molar-refractivity contribution in [2.75, 3.05) is 30.6 Å². The van der Waals surface area contributed by atoms with Gasteiger partial charge in [-0.2, -0.15) is 23.5 Å². The Hall–Kier alpha value is -5.25. The fourth-order valence-corrected chi connectivity index (χ4v) is 7.61. The van der Waals surface area contributed by atoms with E-state index in [1.807, 2.05) is 0 Å². The highest BCUT2D eigenvalue weighted by Gasteiger charge is 2.37. The van der Waals surface area contributed by atoms with Gasteiger partial charge in [0.1, 0.15) is 48.3 Å². The summed E-state index contributed by atoms with van der Waals surface area (Å²) >= 11 is 2.74. The largest absolute Gasteiger partial charge is 0.481 e. The maximum absolute atomic E-state index is 14.1. The van der Waals surface area contributed by atoms with Crippen LogP contribution in [0.1, 0.15) is 106 Å². The molecule has 0 fully saturated rings. The molecule has 11 unspecified atom stereocenters. The van der Waals surface area contributed by atoms with Crippen LogP contribution in [-0.2, 0) is 52.7 Å². The molecule has 0 spiro atoms. The highest BCUT2D eigenvalue weighted by atomic mass is 32.2. The molecule has 0 heterocycles. The van der Waals surface area contributed by atoms with Crippen molar-refractivity contribution in [1.82, 2.24) is 42.5 Å². The zero-order valence-electron chi connectivity index (χ0n) is 42.0. The molecule has 25 nitrogen and oxygen atoms in total. The summed E-state index contributed by atoms with van der Waals surface area (Å²) in [6, 6.07) is -12.6. The van der Waals surface area contributed by atoms with Gasteiger partial charge in [-0.05, 0) is 101 Å². The van der Waals surface area contributed by atoms with Crippen LogP contribution in [0.5, 0.6) is 0 Å². The van der Waals surface area contributed by atoms with E-state index >= 15 is 0 Å². The number of nitrogens with one attached hydrogen (secondary N) is 8. The van der Waals surface area contributed by atoms with Crippen LogP contribution in [0.2, 0.25) is 0 Å². The van der Waals surface area contributed by atoms with Crippen LogP contribution in [0.25, 0.3) is 0 Å². The molecular weight excluding hydrogens is 971 g/mol. The number of aliphatic hydroxyl groups is 1. The lowest BCUT2D eigenvalue weighted by Crippen LogP contribution is -2.61. The van der Waals surface area contributed by atoms with Crippen molar-refractivity contribution in [3.05, 3.63) is 0 Å². The van der Waals surface area contributed by atoms with E-state index in [1.54, 1.807) is 40.2 Å². The fraction of sp³-hybridized carbons (Fsp3) is 0.750. The molecule has 27 heteroatoms. The average Bonchev–Trinajstić information content (AvgIpc) is 3.28. The number of hydrogen-bond acceptors (Lipinski definition) is 16. The molecule has 71 heavy (non-hydrogen) atoms. The Morgan fingerprint density at radius 3 is 1.34 bits per heavy atom. The number of carbonyl (C=O) groups is 11. The van der Waals surface area contributed by atoms with E-state index in [2.05, 4.69) is 42.5 Å². The van der Waals surface area contributed by atoms with Gasteiger partial charge in [0.25, 0.3) is 0 Å². The molecule has 0 aliphatic carbocycles. The van der Waals surface area contributed by atoms with Crippen molar-refractivity contribution >= 4 is 88.6 Å². The minimum atomic E-state index is -1.88. The molecule has 0 aliphatic heterocycles. The molecule has 0 radical (unpaired) electrons. The Morgan fingerprint density at radius 2 is 0.944 bits per heavy atom. The Morgan fingerprint density at radius 1 is 0.535 bits per heavy atom. The van der Waals surface area contributed by atoms with Gasteiger partial charge in [-0.1, -0.05) is 34.1 Å². The van der Waals surface area contributed by atoms with E-state index in [9.17, 15) is 68.1 Å². The third-order valence-corrected chi connectivity index (χ3v) is 12.3. The maximum Gasteiger partial charge on any atom is 0.326 e. The molecule has 0 saturated carbocycles. The van der Waals surface area contributed by atoms with Gasteiger partial charge in [-0.3, -0.25) is 47.9 Å². The topological polar surface area (TPSA) is 423 Å². The number of unbranched alkanes of at least 4 members (excludes halogenated alkanes) is 1. The van der Waals surface area contributed by atoms with Crippen LogP contribution >= 0.6 is 23.5 Å². The molecule has 11 atom stereocenters. The Balaban J connectivity index is 6.71. The predicted molar refractivity (Wildman–Crippen MR) is 267 cm³/mol. The summed E-state index contributed by atoms with van der Waals surface area (Å²) < 4.78 is 0. The normalized spacial score (nSPS) is 15.8. The van der Waals surface area contributed by atoms with Crippen LogP contribution in [0.3, 0.4) is 0 Å². The molecule has 0 saturated heterocycles. The number of nitrogens with two attached hydrogens (primary N) is 3. The number of aliphatic hydroxyl groups excluding tert-OH is 1. The zero-order chi connectivity index (χ0) is 54.5. The number of amides is 9. The number of rotatable bonds is 37. The first kappa shape index (κ1) is 65.8. The Labute approximate surface area is 423 Å². The van der Waals surface area contributed by atoms with Gasteiger partial charge in [0.15, 0.2) is 0 Å². The first-order valence-electron chi connectivity index (χ1n) is 23.5. The molecule has 0 aromatic heterocycles. The molecule has 17 N–H and O–H groups in total. The summed E-state index contributed by atoms with van der Waals surface area (Å²) in [6.07, 6.45) is 1.39. The Bertz CT molecular complexity index is 1790. The van der Waals surface area contributed by atoms with Crippen LogP contribution in [0.15, 0.2) is 0 Å². The highest BCUT2D eigenvalue weighted by Crippen LogP contribution is 2.13. The van der Waals surface area contributed by atoms with Gasteiger partial charge in [-0.15, -0.1) is 0 Å². The fourth-order valence-electron chi connectivity index (χ4n) is 6.66. The lowest BCUT2D eigenvalue weighted by Gasteiger charge is -2.29. The minimum Gasteiger partial charge on any atom is -0.481 e. The number of carboxylic acids is 2. The summed E-state index contributed by atoms with van der Waals surface area (Å²) in [4.78, 5) is 144. The number of carbonyl (C=O) groups excluding carboxylic acids is 9. The second-order valence-corrected chi connectivity index (χ2v) is 19.6. The van der Waals surface area contributed by atoms with Gasteiger partial charge < -0.3 is 75.1 Å². The molecule has 0 aromatic carbocycles. The van der Waals surface area contributed by atoms with Crippen molar-refractivity contribution < 1.29 is 68.1 Å². The van der Waals surface area contributed by atoms with Crippen molar-refractivity contribution in [3.63, 3.8) is 0 Å². The first-order valence-corrected chi connectivity index (χ1v) is 26.3. The van der Waals surface area contributed by atoms with Crippen molar-refractivity contribution in [2.24, 2.45) is 29.0 Å². The first-order chi connectivity index (χ1) is 33.2. The van der Waals surface area contributed by atoms with Gasteiger partial charge in [-0.25, -0.2) is 4.79 Å². The highest BCUT2D eigenvalue weighted by molar-refractivity contribution is 7.98. The lowest BCUT2D eigenvalue weighted by atomic mass is 9.98. The van der Waals surface area contributed by atoms with Crippen LogP contribution in [0, 0.1) is 11.8 Å². The summed E-state index contributed by atoms with van der Waals surface area (Å²) in [5, 5.41) is 49.5. The molecule has 0 rings (SSSR count). The monoisotopic (exact) mass is 1050 g/mol. The third-order valence-electron chi connectivity index (χ3n) is 11.0. The third kappa shape index (κ3) is 26.1. The number of thioether (sulfide) groups is 2. The van der Waals surface area contributed by atoms with Gasteiger partial charge in [0.05, 0.1) is 18.6 Å². The van der Waals surface area contributed by atoms with Gasteiger partial charge in [0, 0.05) is 6.42 Å². The molecule has 406 valence electrons. The van der Waals surface area contributed by atoms with Crippen molar-refractivity contribution in [3.8, 4) is 0 Å². The van der Waals surface area contributed by atoms with Crippen LogP contribution < -0.4 is 59.7 Å². The molecule has 9 amide bonds. The van der Waals surface area contributed by atoms with E-state index < -0.39 is 138 Å². The predicted octanol–water partition coefficient (Wildman–Crippen LogP) is -2.86. The van der Waals surface area contributed by atoms with Gasteiger partial charge >= 0.3 is 11.9 Å². The number of aliphatic carboxylic acids is 2. The summed E-state index contributed by atoms with van der Waals surface area (Å²) in [6.45, 7) is 9.51. The number of hydrogen-bond donors (Lipinski definition) is 14. The van der Waals surface area contributed by atoms with E-state index in [0.717, 1.165) is 6.92 Å². The second-order valence-electron chi connectivity index (χ2n) is 17.7. The summed E-state index contributed by atoms with van der Waals surface area (Å²) in [5.74, 6) is -11.0. The molecular formula is C44H79N11O14S2. The van der Waals surface area contributed by atoms with E-state index in [1.165, 1.54) is 30.4 Å².